The summed E-state index contributed by atoms with van der Waals surface area (Å²) in [5.41, 5.74) is 0.653. The molecular formula is C19H28N6O5S. The number of aryl methyl sites for hydroxylation is 2. The summed E-state index contributed by atoms with van der Waals surface area (Å²) in [6.45, 7) is 3.05. The van der Waals surface area contributed by atoms with Crippen molar-refractivity contribution in [2.45, 2.75) is 45.7 Å². The fourth-order valence-electron chi connectivity index (χ4n) is 3.29. The minimum atomic E-state index is -3.44. The molecule has 0 atom stereocenters. The van der Waals surface area contributed by atoms with Gasteiger partial charge in [0.15, 0.2) is 0 Å². The molecule has 170 valence electrons. The second-order valence-corrected chi connectivity index (χ2v) is 9.20. The van der Waals surface area contributed by atoms with Gasteiger partial charge < -0.3 is 15.4 Å². The molecule has 3 rings (SSSR count). The summed E-state index contributed by atoms with van der Waals surface area (Å²) in [6, 6.07) is 4.21. The normalized spacial score (nSPS) is 13.4. The van der Waals surface area contributed by atoms with E-state index in [0.717, 1.165) is 31.6 Å². The van der Waals surface area contributed by atoms with Crippen molar-refractivity contribution < 1.29 is 17.9 Å². The van der Waals surface area contributed by atoms with Gasteiger partial charge in [0, 0.05) is 37.8 Å². The number of hydrogen-bond donors (Lipinski definition) is 3. The standard InChI is InChI=1S/C19H28N6O5S/c1-3-31(28,29)23-15-9-8-14(13-16(15)30-2)21-18(26)20-10-6-12-25-19(27)24-11-5-4-7-17(24)22-25/h8-9,13,23H,3-7,10-12H2,1-2H3,(H2,20,21,26). The molecule has 1 aliphatic rings. The molecule has 1 aliphatic heterocycles. The second kappa shape index (κ2) is 9.86. The molecule has 0 bridgehead atoms. The third kappa shape index (κ3) is 5.78. The number of nitrogens with zero attached hydrogens (tertiary/aromatic N) is 3. The lowest BCUT2D eigenvalue weighted by Crippen LogP contribution is -2.31. The molecule has 12 heteroatoms. The molecule has 0 unspecified atom stereocenters. The average molecular weight is 453 g/mol. The van der Waals surface area contributed by atoms with Gasteiger partial charge in [-0.25, -0.2) is 22.7 Å². The topological polar surface area (TPSA) is 136 Å². The predicted molar refractivity (Wildman–Crippen MR) is 117 cm³/mol. The van der Waals surface area contributed by atoms with E-state index in [-0.39, 0.29) is 17.2 Å². The molecule has 11 nitrogen and oxygen atoms in total. The van der Waals surface area contributed by atoms with E-state index < -0.39 is 16.1 Å². The van der Waals surface area contributed by atoms with E-state index in [1.54, 1.807) is 10.6 Å². The zero-order valence-corrected chi connectivity index (χ0v) is 18.5. The van der Waals surface area contributed by atoms with E-state index in [1.165, 1.54) is 30.8 Å². The van der Waals surface area contributed by atoms with Crippen molar-refractivity contribution in [2.24, 2.45) is 0 Å². The molecule has 0 saturated carbocycles. The molecule has 2 heterocycles. The Morgan fingerprint density at radius 3 is 2.81 bits per heavy atom. The van der Waals surface area contributed by atoms with Crippen LogP contribution in [0, 0.1) is 0 Å². The third-order valence-electron chi connectivity index (χ3n) is 4.97. The quantitative estimate of drug-likeness (QED) is 0.492. The molecule has 2 amide bonds. The Kier molecular flexibility index (Phi) is 7.21. The third-order valence-corrected chi connectivity index (χ3v) is 6.26. The van der Waals surface area contributed by atoms with E-state index in [4.69, 9.17) is 4.74 Å². The van der Waals surface area contributed by atoms with Gasteiger partial charge in [0.1, 0.15) is 11.6 Å². The van der Waals surface area contributed by atoms with Gasteiger partial charge >= 0.3 is 11.7 Å². The minimum Gasteiger partial charge on any atom is -0.494 e. The first-order chi connectivity index (χ1) is 14.8. The molecule has 0 saturated heterocycles. The highest BCUT2D eigenvalue weighted by molar-refractivity contribution is 7.92. The van der Waals surface area contributed by atoms with Gasteiger partial charge in [0.05, 0.1) is 18.6 Å². The van der Waals surface area contributed by atoms with Gasteiger partial charge in [-0.05, 0) is 38.3 Å². The Hall–Kier alpha value is -3.02. The number of hydrogen-bond acceptors (Lipinski definition) is 6. The summed E-state index contributed by atoms with van der Waals surface area (Å²) >= 11 is 0. The number of anilines is 2. The molecule has 31 heavy (non-hydrogen) atoms. The molecule has 1 aromatic carbocycles. The van der Waals surface area contributed by atoms with Crippen LogP contribution in [0.15, 0.2) is 23.0 Å². The number of carbonyl (C=O) groups is 1. The van der Waals surface area contributed by atoms with Crippen LogP contribution >= 0.6 is 0 Å². The Bertz CT molecular complexity index is 1090. The number of carbonyl (C=O) groups excluding carboxylic acids is 1. The maximum atomic E-state index is 12.3. The van der Waals surface area contributed by atoms with Crippen molar-refractivity contribution in [3.05, 3.63) is 34.5 Å². The average Bonchev–Trinajstić information content (AvgIpc) is 3.08. The number of urea groups is 1. The van der Waals surface area contributed by atoms with Crippen LogP contribution in [0.3, 0.4) is 0 Å². The molecule has 2 aromatic rings. The summed E-state index contributed by atoms with van der Waals surface area (Å²) < 4.78 is 34.3. The van der Waals surface area contributed by atoms with Crippen LogP contribution in [-0.4, -0.2) is 48.2 Å². The highest BCUT2D eigenvalue weighted by atomic mass is 32.2. The van der Waals surface area contributed by atoms with Gasteiger partial charge in [0.2, 0.25) is 10.0 Å². The van der Waals surface area contributed by atoms with Crippen molar-refractivity contribution in [1.82, 2.24) is 19.7 Å². The van der Waals surface area contributed by atoms with Gasteiger partial charge in [0.25, 0.3) is 0 Å². The largest absolute Gasteiger partial charge is 0.494 e. The number of fused-ring (bicyclic) bond motifs is 1. The van der Waals surface area contributed by atoms with E-state index >= 15 is 0 Å². The second-order valence-electron chi connectivity index (χ2n) is 7.19. The van der Waals surface area contributed by atoms with Crippen molar-refractivity contribution in [3.8, 4) is 5.75 Å². The first kappa shape index (κ1) is 22.7. The van der Waals surface area contributed by atoms with Crippen LogP contribution < -0.4 is 25.8 Å². The number of ether oxygens (including phenoxy) is 1. The summed E-state index contributed by atoms with van der Waals surface area (Å²) in [6.07, 6.45) is 3.43. The Morgan fingerprint density at radius 1 is 1.29 bits per heavy atom. The number of nitrogens with one attached hydrogen (secondary N) is 3. The Balaban J connectivity index is 1.49. The molecule has 3 N–H and O–H groups in total. The number of methoxy groups -OCH3 is 1. The molecule has 0 radical (unpaired) electrons. The maximum absolute atomic E-state index is 12.3. The van der Waals surface area contributed by atoms with Crippen LogP contribution in [0.1, 0.15) is 32.0 Å². The summed E-state index contributed by atoms with van der Waals surface area (Å²) in [4.78, 5) is 24.4. The molecule has 0 spiro atoms. The first-order valence-electron chi connectivity index (χ1n) is 10.2. The van der Waals surface area contributed by atoms with Crippen LogP contribution in [0.4, 0.5) is 16.2 Å². The summed E-state index contributed by atoms with van der Waals surface area (Å²) in [5.74, 6) is 1.06. The van der Waals surface area contributed by atoms with Gasteiger partial charge in [-0.2, -0.15) is 5.10 Å². The highest BCUT2D eigenvalue weighted by Crippen LogP contribution is 2.28. The Labute approximate surface area is 180 Å². The first-order valence-corrected chi connectivity index (χ1v) is 11.9. The fourth-order valence-corrected chi connectivity index (χ4v) is 3.94. The lowest BCUT2D eigenvalue weighted by Gasteiger charge is -2.13. The van der Waals surface area contributed by atoms with E-state index in [0.29, 0.717) is 30.9 Å². The summed E-state index contributed by atoms with van der Waals surface area (Å²) in [7, 11) is -2.03. The molecule has 0 fully saturated rings. The van der Waals surface area contributed by atoms with Crippen molar-refractivity contribution in [2.75, 3.05) is 29.4 Å². The number of amides is 2. The number of aromatic nitrogens is 3. The summed E-state index contributed by atoms with van der Waals surface area (Å²) in [5, 5.41) is 9.77. The van der Waals surface area contributed by atoms with E-state index in [2.05, 4.69) is 20.5 Å². The van der Waals surface area contributed by atoms with Crippen LogP contribution in [0.5, 0.6) is 5.75 Å². The highest BCUT2D eigenvalue weighted by Gasteiger charge is 2.16. The van der Waals surface area contributed by atoms with Crippen LogP contribution in [-0.2, 0) is 29.5 Å². The van der Waals surface area contributed by atoms with Crippen LogP contribution in [0.2, 0.25) is 0 Å². The van der Waals surface area contributed by atoms with Crippen molar-refractivity contribution in [3.63, 3.8) is 0 Å². The lowest BCUT2D eigenvalue weighted by molar-refractivity contribution is 0.251. The van der Waals surface area contributed by atoms with Crippen LogP contribution in [0.25, 0.3) is 0 Å². The lowest BCUT2D eigenvalue weighted by atomic mass is 10.2. The number of rotatable bonds is 9. The zero-order chi connectivity index (χ0) is 22.4. The molecule has 0 aliphatic carbocycles. The molecule has 1 aromatic heterocycles. The van der Waals surface area contributed by atoms with Gasteiger partial charge in [-0.3, -0.25) is 9.29 Å². The number of benzene rings is 1. The molecular weight excluding hydrogens is 424 g/mol. The predicted octanol–water partition coefficient (Wildman–Crippen LogP) is 1.36. The monoisotopic (exact) mass is 452 g/mol. The fraction of sp³-hybridized carbons (Fsp3) is 0.526. The smallest absolute Gasteiger partial charge is 0.345 e. The van der Waals surface area contributed by atoms with Crippen molar-refractivity contribution in [1.29, 1.82) is 0 Å². The van der Waals surface area contributed by atoms with Gasteiger partial charge in [-0.1, -0.05) is 0 Å². The van der Waals surface area contributed by atoms with E-state index in [9.17, 15) is 18.0 Å². The van der Waals surface area contributed by atoms with E-state index in [1.807, 2.05) is 0 Å². The van der Waals surface area contributed by atoms with Gasteiger partial charge in [-0.15, -0.1) is 0 Å². The number of sulfonamides is 1. The SMILES string of the molecule is CCS(=O)(=O)Nc1ccc(NC(=O)NCCCn2nc3n(c2=O)CCCC3)cc1OC. The maximum Gasteiger partial charge on any atom is 0.345 e. The van der Waals surface area contributed by atoms with Crippen molar-refractivity contribution >= 4 is 27.4 Å². The minimum absolute atomic E-state index is 0.0633. The Morgan fingerprint density at radius 2 is 2.10 bits per heavy atom. The zero-order valence-electron chi connectivity index (χ0n) is 17.7.